The fourth-order valence-corrected chi connectivity index (χ4v) is 2.77. The lowest BCUT2D eigenvalue weighted by Gasteiger charge is -2.23. The van der Waals surface area contributed by atoms with Crippen molar-refractivity contribution in [3.05, 3.63) is 34.3 Å². The zero-order chi connectivity index (χ0) is 14.4. The summed E-state index contributed by atoms with van der Waals surface area (Å²) in [5, 5.41) is 0. The average molecular weight is 340 g/mol. The van der Waals surface area contributed by atoms with E-state index in [1.807, 2.05) is 24.0 Å². The van der Waals surface area contributed by atoms with Crippen LogP contribution < -0.4 is 0 Å². The molecule has 1 aromatic rings. The minimum absolute atomic E-state index is 0.252. The molecular weight excluding hydrogens is 318 g/mol. The Bertz CT molecular complexity index is 427. The van der Waals surface area contributed by atoms with Gasteiger partial charge in [0.05, 0.1) is 6.61 Å². The molecule has 3 nitrogen and oxygen atoms in total. The number of carbonyl (C=O) groups excluding carboxylic acids is 1. The van der Waals surface area contributed by atoms with Crippen molar-refractivity contribution in [1.29, 1.82) is 0 Å². The standard InChI is InChI=1S/C16H22BrNO2/c1-2-18(11-14-9-10-20-12-14)16(19)8-5-13-3-6-15(17)7-4-13/h3-4,6-7,14H,2,5,8-12H2,1H3/t14-/m0/s1. The molecule has 0 spiro atoms. The van der Waals surface area contributed by atoms with E-state index in [2.05, 4.69) is 28.1 Å². The predicted octanol–water partition coefficient (Wildman–Crippen LogP) is 3.27. The first-order chi connectivity index (χ1) is 9.69. The predicted molar refractivity (Wildman–Crippen MR) is 83.6 cm³/mol. The number of benzene rings is 1. The molecular formula is C16H22BrNO2. The lowest BCUT2D eigenvalue weighted by atomic mass is 10.1. The van der Waals surface area contributed by atoms with E-state index in [9.17, 15) is 4.79 Å². The van der Waals surface area contributed by atoms with Gasteiger partial charge >= 0.3 is 0 Å². The van der Waals surface area contributed by atoms with Crippen molar-refractivity contribution in [2.45, 2.75) is 26.2 Å². The van der Waals surface area contributed by atoms with Crippen LogP contribution >= 0.6 is 15.9 Å². The summed E-state index contributed by atoms with van der Waals surface area (Å²) in [6, 6.07) is 8.18. The fraction of sp³-hybridized carbons (Fsp3) is 0.562. The van der Waals surface area contributed by atoms with E-state index in [-0.39, 0.29) is 5.91 Å². The molecule has 4 heteroatoms. The van der Waals surface area contributed by atoms with Crippen molar-refractivity contribution in [2.75, 3.05) is 26.3 Å². The van der Waals surface area contributed by atoms with E-state index in [1.54, 1.807) is 0 Å². The topological polar surface area (TPSA) is 29.5 Å². The Morgan fingerprint density at radius 2 is 2.15 bits per heavy atom. The molecule has 1 heterocycles. The van der Waals surface area contributed by atoms with Gasteiger partial charge in [-0.2, -0.15) is 0 Å². The highest BCUT2D eigenvalue weighted by molar-refractivity contribution is 9.10. The number of carbonyl (C=O) groups is 1. The van der Waals surface area contributed by atoms with Gasteiger partial charge in [-0.3, -0.25) is 4.79 Å². The summed E-state index contributed by atoms with van der Waals surface area (Å²) in [5.41, 5.74) is 1.21. The molecule has 110 valence electrons. The molecule has 1 aliphatic heterocycles. The Hall–Kier alpha value is -0.870. The number of nitrogens with zero attached hydrogens (tertiary/aromatic N) is 1. The molecule has 1 saturated heterocycles. The van der Waals surface area contributed by atoms with Gasteiger partial charge in [-0.25, -0.2) is 0 Å². The third-order valence-electron chi connectivity index (χ3n) is 3.78. The van der Waals surface area contributed by atoms with Gasteiger partial charge in [0.2, 0.25) is 5.91 Å². The van der Waals surface area contributed by atoms with Crippen molar-refractivity contribution in [3.8, 4) is 0 Å². The maximum absolute atomic E-state index is 12.3. The maximum atomic E-state index is 12.3. The summed E-state index contributed by atoms with van der Waals surface area (Å²) in [5.74, 6) is 0.772. The van der Waals surface area contributed by atoms with Gasteiger partial charge in [-0.15, -0.1) is 0 Å². The summed E-state index contributed by atoms with van der Waals surface area (Å²) in [6.45, 7) is 5.32. The second-order valence-corrected chi connectivity index (χ2v) is 6.20. The van der Waals surface area contributed by atoms with Crippen LogP contribution in [0.4, 0.5) is 0 Å². The van der Waals surface area contributed by atoms with E-state index >= 15 is 0 Å². The molecule has 1 amide bonds. The zero-order valence-corrected chi connectivity index (χ0v) is 13.6. The van der Waals surface area contributed by atoms with Gasteiger partial charge in [0.15, 0.2) is 0 Å². The van der Waals surface area contributed by atoms with Crippen LogP contribution in [-0.2, 0) is 16.0 Å². The van der Waals surface area contributed by atoms with Crippen LogP contribution in [0.15, 0.2) is 28.7 Å². The Balaban J connectivity index is 1.80. The highest BCUT2D eigenvalue weighted by Crippen LogP contribution is 2.16. The Kier molecular flexibility index (Phi) is 6.05. The third-order valence-corrected chi connectivity index (χ3v) is 4.31. The van der Waals surface area contributed by atoms with Crippen molar-refractivity contribution in [3.63, 3.8) is 0 Å². The van der Waals surface area contributed by atoms with Crippen LogP contribution in [0.25, 0.3) is 0 Å². The average Bonchev–Trinajstić information content (AvgIpc) is 2.97. The normalized spacial score (nSPS) is 18.2. The summed E-state index contributed by atoms with van der Waals surface area (Å²) in [6.07, 6.45) is 2.48. The van der Waals surface area contributed by atoms with E-state index in [0.717, 1.165) is 43.6 Å². The Morgan fingerprint density at radius 1 is 1.40 bits per heavy atom. The van der Waals surface area contributed by atoms with Crippen molar-refractivity contribution >= 4 is 21.8 Å². The van der Waals surface area contributed by atoms with Crippen LogP contribution in [0, 0.1) is 5.92 Å². The molecule has 0 saturated carbocycles. The van der Waals surface area contributed by atoms with Gasteiger partial charge < -0.3 is 9.64 Å². The first-order valence-corrected chi connectivity index (χ1v) is 8.08. The lowest BCUT2D eigenvalue weighted by molar-refractivity contribution is -0.131. The molecule has 20 heavy (non-hydrogen) atoms. The SMILES string of the molecule is CCN(C[C@@H]1CCOC1)C(=O)CCc1ccc(Br)cc1. The largest absolute Gasteiger partial charge is 0.381 e. The molecule has 1 fully saturated rings. The van der Waals surface area contributed by atoms with Crippen LogP contribution in [0.2, 0.25) is 0 Å². The van der Waals surface area contributed by atoms with E-state index in [1.165, 1.54) is 5.56 Å². The molecule has 2 rings (SSSR count). The Labute approximate surface area is 129 Å². The summed E-state index contributed by atoms with van der Waals surface area (Å²) in [7, 11) is 0. The zero-order valence-electron chi connectivity index (χ0n) is 12.0. The number of aryl methyl sites for hydroxylation is 1. The van der Waals surface area contributed by atoms with Crippen LogP contribution in [0.5, 0.6) is 0 Å². The van der Waals surface area contributed by atoms with Crippen molar-refractivity contribution in [2.24, 2.45) is 5.92 Å². The quantitative estimate of drug-likeness (QED) is 0.796. The van der Waals surface area contributed by atoms with Gasteiger partial charge in [-0.05, 0) is 37.5 Å². The second-order valence-electron chi connectivity index (χ2n) is 5.29. The van der Waals surface area contributed by atoms with Crippen LogP contribution in [0.3, 0.4) is 0 Å². The van der Waals surface area contributed by atoms with E-state index < -0.39 is 0 Å². The Morgan fingerprint density at radius 3 is 2.75 bits per heavy atom. The highest BCUT2D eigenvalue weighted by Gasteiger charge is 2.21. The molecule has 0 aliphatic carbocycles. The number of halogens is 1. The van der Waals surface area contributed by atoms with Gasteiger partial charge in [0, 0.05) is 36.5 Å². The first-order valence-electron chi connectivity index (χ1n) is 7.29. The molecule has 0 bridgehead atoms. The molecule has 0 radical (unpaired) electrons. The van der Waals surface area contributed by atoms with Crippen molar-refractivity contribution in [1.82, 2.24) is 4.90 Å². The van der Waals surface area contributed by atoms with Crippen LogP contribution in [-0.4, -0.2) is 37.1 Å². The number of ether oxygens (including phenoxy) is 1. The lowest BCUT2D eigenvalue weighted by Crippen LogP contribution is -2.35. The summed E-state index contributed by atoms with van der Waals surface area (Å²) < 4.78 is 6.45. The summed E-state index contributed by atoms with van der Waals surface area (Å²) in [4.78, 5) is 14.2. The molecule has 0 N–H and O–H groups in total. The van der Waals surface area contributed by atoms with Crippen LogP contribution in [0.1, 0.15) is 25.3 Å². The maximum Gasteiger partial charge on any atom is 0.222 e. The monoisotopic (exact) mass is 339 g/mol. The van der Waals surface area contributed by atoms with Crippen molar-refractivity contribution < 1.29 is 9.53 Å². The molecule has 1 aliphatic rings. The first kappa shape index (κ1) is 15.5. The van der Waals surface area contributed by atoms with E-state index in [0.29, 0.717) is 12.3 Å². The second kappa shape index (κ2) is 7.79. The number of rotatable bonds is 6. The highest BCUT2D eigenvalue weighted by atomic mass is 79.9. The van der Waals surface area contributed by atoms with E-state index in [4.69, 9.17) is 4.74 Å². The molecule has 1 atom stereocenters. The van der Waals surface area contributed by atoms with Gasteiger partial charge in [0.25, 0.3) is 0 Å². The molecule has 1 aromatic carbocycles. The fourth-order valence-electron chi connectivity index (χ4n) is 2.51. The smallest absolute Gasteiger partial charge is 0.222 e. The number of hydrogen-bond donors (Lipinski definition) is 0. The summed E-state index contributed by atoms with van der Waals surface area (Å²) >= 11 is 3.42. The van der Waals surface area contributed by atoms with Gasteiger partial charge in [-0.1, -0.05) is 28.1 Å². The third kappa shape index (κ3) is 4.60. The minimum atomic E-state index is 0.252. The number of hydrogen-bond acceptors (Lipinski definition) is 2. The minimum Gasteiger partial charge on any atom is -0.381 e. The van der Waals surface area contributed by atoms with Gasteiger partial charge in [0.1, 0.15) is 0 Å². The number of amides is 1. The molecule has 0 unspecified atom stereocenters. The molecule has 0 aromatic heterocycles.